The summed E-state index contributed by atoms with van der Waals surface area (Å²) in [6, 6.07) is 1.95. The first-order valence-electron chi connectivity index (χ1n) is 5.90. The third kappa shape index (κ3) is 3.44. The van der Waals surface area contributed by atoms with Gasteiger partial charge in [0.1, 0.15) is 11.6 Å². The van der Waals surface area contributed by atoms with Crippen LogP contribution in [0, 0.1) is 11.6 Å². The van der Waals surface area contributed by atoms with Crippen molar-refractivity contribution in [3.8, 4) is 0 Å². The summed E-state index contributed by atoms with van der Waals surface area (Å²) in [6.45, 7) is 0.654. The lowest BCUT2D eigenvalue weighted by Crippen LogP contribution is -2.51. The predicted octanol–water partition coefficient (Wildman–Crippen LogP) is 1.10. The highest BCUT2D eigenvalue weighted by molar-refractivity contribution is 9.10. The molecule has 108 valence electrons. The first kappa shape index (κ1) is 14.7. The molecule has 0 bridgehead atoms. The van der Waals surface area contributed by atoms with Gasteiger partial charge in [-0.15, -0.1) is 0 Å². The van der Waals surface area contributed by atoms with Gasteiger partial charge < -0.3 is 15.5 Å². The quantitative estimate of drug-likeness (QED) is 0.805. The maximum atomic E-state index is 13.5. The standard InChI is InChI=1S/C12H12BrF2N3O2/c13-7-3-10(9(15)4-8(7)14)17-5-12(20)18-2-1-16-11(19)6-18/h3-4,17H,1-2,5-6H2,(H,16,19). The van der Waals surface area contributed by atoms with Crippen LogP contribution in [0.5, 0.6) is 0 Å². The first-order chi connectivity index (χ1) is 9.47. The van der Waals surface area contributed by atoms with Crippen LogP contribution in [0.3, 0.4) is 0 Å². The molecule has 20 heavy (non-hydrogen) atoms. The molecule has 0 aromatic heterocycles. The van der Waals surface area contributed by atoms with Crippen molar-refractivity contribution in [2.24, 2.45) is 0 Å². The van der Waals surface area contributed by atoms with E-state index in [1.807, 2.05) is 0 Å². The van der Waals surface area contributed by atoms with E-state index in [1.54, 1.807) is 0 Å². The highest BCUT2D eigenvalue weighted by Gasteiger charge is 2.21. The van der Waals surface area contributed by atoms with Crippen molar-refractivity contribution in [3.63, 3.8) is 0 Å². The number of hydrogen-bond acceptors (Lipinski definition) is 3. The number of carbonyl (C=O) groups excluding carboxylic acids is 2. The van der Waals surface area contributed by atoms with Crippen molar-refractivity contribution in [2.45, 2.75) is 0 Å². The monoisotopic (exact) mass is 347 g/mol. The van der Waals surface area contributed by atoms with Crippen LogP contribution in [0.25, 0.3) is 0 Å². The predicted molar refractivity (Wildman–Crippen MR) is 72.1 cm³/mol. The average molecular weight is 348 g/mol. The van der Waals surface area contributed by atoms with Gasteiger partial charge in [-0.25, -0.2) is 8.78 Å². The van der Waals surface area contributed by atoms with Crippen LogP contribution in [0.2, 0.25) is 0 Å². The molecule has 1 saturated heterocycles. The minimum absolute atomic E-state index is 0.00386. The minimum atomic E-state index is -0.783. The zero-order valence-electron chi connectivity index (χ0n) is 10.4. The second-order valence-electron chi connectivity index (χ2n) is 4.26. The molecule has 1 fully saturated rings. The second kappa shape index (κ2) is 6.17. The Labute approximate surface area is 122 Å². The van der Waals surface area contributed by atoms with E-state index in [4.69, 9.17) is 0 Å². The summed E-state index contributed by atoms with van der Waals surface area (Å²) in [5, 5.41) is 5.20. The van der Waals surface area contributed by atoms with Crippen LogP contribution >= 0.6 is 15.9 Å². The Balaban J connectivity index is 1.96. The molecule has 0 atom stereocenters. The van der Waals surface area contributed by atoms with Crippen LogP contribution in [0.1, 0.15) is 0 Å². The molecule has 1 aromatic rings. The van der Waals surface area contributed by atoms with E-state index < -0.39 is 11.6 Å². The maximum absolute atomic E-state index is 13.5. The molecule has 1 aliphatic rings. The second-order valence-corrected chi connectivity index (χ2v) is 5.12. The Morgan fingerprint density at radius 1 is 1.40 bits per heavy atom. The molecule has 1 heterocycles. The lowest BCUT2D eigenvalue weighted by molar-refractivity contribution is -0.136. The molecule has 0 aliphatic carbocycles. The van der Waals surface area contributed by atoms with E-state index in [2.05, 4.69) is 26.6 Å². The van der Waals surface area contributed by atoms with E-state index in [9.17, 15) is 18.4 Å². The third-order valence-electron chi connectivity index (χ3n) is 2.83. The Morgan fingerprint density at radius 3 is 2.85 bits per heavy atom. The van der Waals surface area contributed by atoms with Crippen LogP contribution in [-0.2, 0) is 9.59 Å². The van der Waals surface area contributed by atoms with Crippen LogP contribution in [-0.4, -0.2) is 42.9 Å². The van der Waals surface area contributed by atoms with Crippen molar-refractivity contribution >= 4 is 33.4 Å². The molecule has 2 rings (SSSR count). The van der Waals surface area contributed by atoms with Crippen molar-refractivity contribution in [1.82, 2.24) is 10.2 Å². The molecule has 0 spiro atoms. The molecule has 0 saturated carbocycles. The molecule has 0 unspecified atom stereocenters. The minimum Gasteiger partial charge on any atom is -0.374 e. The van der Waals surface area contributed by atoms with Gasteiger partial charge in [-0.3, -0.25) is 9.59 Å². The molecule has 0 radical (unpaired) electrons. The van der Waals surface area contributed by atoms with Crippen molar-refractivity contribution in [2.75, 3.05) is 31.5 Å². The zero-order chi connectivity index (χ0) is 14.7. The van der Waals surface area contributed by atoms with E-state index in [0.29, 0.717) is 13.1 Å². The van der Waals surface area contributed by atoms with Gasteiger partial charge in [0.2, 0.25) is 11.8 Å². The van der Waals surface area contributed by atoms with Crippen molar-refractivity contribution in [3.05, 3.63) is 28.2 Å². The molecule has 5 nitrogen and oxygen atoms in total. The van der Waals surface area contributed by atoms with E-state index in [0.717, 1.165) is 6.07 Å². The highest BCUT2D eigenvalue weighted by atomic mass is 79.9. The van der Waals surface area contributed by atoms with Gasteiger partial charge in [-0.2, -0.15) is 0 Å². The number of amides is 2. The SMILES string of the molecule is O=C1CN(C(=O)CNc2cc(Br)c(F)cc2F)CCN1. The highest BCUT2D eigenvalue weighted by Crippen LogP contribution is 2.23. The van der Waals surface area contributed by atoms with Crippen molar-refractivity contribution < 1.29 is 18.4 Å². The largest absolute Gasteiger partial charge is 0.374 e. The maximum Gasteiger partial charge on any atom is 0.242 e. The number of anilines is 1. The molecular weight excluding hydrogens is 336 g/mol. The molecule has 1 aliphatic heterocycles. The summed E-state index contributed by atoms with van der Waals surface area (Å²) in [5.41, 5.74) is 0.0214. The molecule has 2 amide bonds. The number of halogens is 3. The topological polar surface area (TPSA) is 61.4 Å². The van der Waals surface area contributed by atoms with Gasteiger partial charge in [0, 0.05) is 19.2 Å². The molecule has 1 aromatic carbocycles. The normalized spacial score (nSPS) is 14.9. The van der Waals surface area contributed by atoms with Gasteiger partial charge in [-0.05, 0) is 22.0 Å². The smallest absolute Gasteiger partial charge is 0.242 e. The lowest BCUT2D eigenvalue weighted by atomic mass is 10.3. The summed E-state index contributed by atoms with van der Waals surface area (Å²) < 4.78 is 26.6. The number of hydrogen-bond donors (Lipinski definition) is 2. The van der Waals surface area contributed by atoms with E-state index in [-0.39, 0.29) is 35.1 Å². The van der Waals surface area contributed by atoms with Crippen LogP contribution in [0.15, 0.2) is 16.6 Å². The summed E-state index contributed by atoms with van der Waals surface area (Å²) in [6.07, 6.45) is 0. The fraction of sp³-hybridized carbons (Fsp3) is 0.333. The number of piperazine rings is 1. The van der Waals surface area contributed by atoms with Gasteiger partial charge in [-0.1, -0.05) is 0 Å². The fourth-order valence-corrected chi connectivity index (χ4v) is 2.14. The number of benzene rings is 1. The molecule has 8 heteroatoms. The molecular formula is C12H12BrF2N3O2. The van der Waals surface area contributed by atoms with Gasteiger partial charge in [0.15, 0.2) is 0 Å². The summed E-state index contributed by atoms with van der Waals surface area (Å²) in [5.74, 6) is -2.04. The van der Waals surface area contributed by atoms with Gasteiger partial charge >= 0.3 is 0 Å². The fourth-order valence-electron chi connectivity index (χ4n) is 1.79. The summed E-state index contributed by atoms with van der Waals surface area (Å²) in [7, 11) is 0. The van der Waals surface area contributed by atoms with E-state index >= 15 is 0 Å². The molecule has 2 N–H and O–H groups in total. The van der Waals surface area contributed by atoms with Crippen LogP contribution in [0.4, 0.5) is 14.5 Å². The van der Waals surface area contributed by atoms with Crippen LogP contribution < -0.4 is 10.6 Å². The van der Waals surface area contributed by atoms with Gasteiger partial charge in [0.05, 0.1) is 23.2 Å². The number of carbonyl (C=O) groups is 2. The Bertz CT molecular complexity index is 554. The lowest BCUT2D eigenvalue weighted by Gasteiger charge is -2.26. The Morgan fingerprint density at radius 2 is 2.15 bits per heavy atom. The third-order valence-corrected chi connectivity index (χ3v) is 3.44. The zero-order valence-corrected chi connectivity index (χ0v) is 12.0. The van der Waals surface area contributed by atoms with E-state index in [1.165, 1.54) is 11.0 Å². The number of rotatable bonds is 3. The summed E-state index contributed by atoms with van der Waals surface area (Å²) in [4.78, 5) is 24.4. The number of nitrogens with zero attached hydrogens (tertiary/aromatic N) is 1. The Hall–Kier alpha value is -1.70. The summed E-state index contributed by atoms with van der Waals surface area (Å²) >= 11 is 2.94. The Kier molecular flexibility index (Phi) is 4.53. The van der Waals surface area contributed by atoms with Crippen molar-refractivity contribution in [1.29, 1.82) is 0 Å². The first-order valence-corrected chi connectivity index (χ1v) is 6.69. The average Bonchev–Trinajstić information content (AvgIpc) is 2.41. The van der Waals surface area contributed by atoms with Gasteiger partial charge in [0.25, 0.3) is 0 Å². The number of nitrogens with one attached hydrogen (secondary N) is 2.